The van der Waals surface area contributed by atoms with Gasteiger partial charge >= 0.3 is 0 Å². The quantitative estimate of drug-likeness (QED) is 0.0307. The molecule has 70 heavy (non-hydrogen) atoms. The van der Waals surface area contributed by atoms with Gasteiger partial charge in [0, 0.05) is 76.7 Å². The van der Waals surface area contributed by atoms with E-state index < -0.39 is 0 Å². The van der Waals surface area contributed by atoms with Gasteiger partial charge in [0.1, 0.15) is 18.0 Å². The Morgan fingerprint density at radius 2 is 1.54 bits per heavy atom. The van der Waals surface area contributed by atoms with Crippen LogP contribution in [-0.2, 0) is 40.0 Å². The Balaban J connectivity index is 0.858. The van der Waals surface area contributed by atoms with Crippen molar-refractivity contribution < 1.29 is 23.6 Å². The first-order chi connectivity index (χ1) is 33.8. The lowest BCUT2D eigenvalue weighted by Crippen LogP contribution is -2.31. The molecule has 2 N–H and O–H groups in total. The van der Waals surface area contributed by atoms with Gasteiger partial charge in [0.05, 0.1) is 30.9 Å². The van der Waals surface area contributed by atoms with Crippen LogP contribution in [0.25, 0.3) is 21.7 Å². The number of hydrogen-bond acceptors (Lipinski definition) is 6. The third-order valence-electron chi connectivity index (χ3n) is 14.1. The van der Waals surface area contributed by atoms with E-state index in [0.29, 0.717) is 36.0 Å². The van der Waals surface area contributed by atoms with Gasteiger partial charge in [0.15, 0.2) is 12.4 Å². The molecule has 0 radical (unpaired) electrons. The number of rotatable bonds is 20. The topological polar surface area (TPSA) is 87.8 Å². The number of methoxy groups -OCH3 is 1. The summed E-state index contributed by atoms with van der Waals surface area (Å²) in [5.41, 5.74) is 11.0. The summed E-state index contributed by atoms with van der Waals surface area (Å²) in [6.45, 7) is 16.4. The van der Waals surface area contributed by atoms with Crippen LogP contribution in [0.3, 0.4) is 0 Å². The molecule has 1 aromatic heterocycles. The van der Waals surface area contributed by atoms with E-state index in [2.05, 4.69) is 157 Å². The van der Waals surface area contributed by atoms with Crippen molar-refractivity contribution in [3.8, 4) is 11.5 Å². The van der Waals surface area contributed by atoms with Gasteiger partial charge in [-0.05, 0) is 134 Å². The summed E-state index contributed by atoms with van der Waals surface area (Å²) in [5, 5.41) is 10.3. The molecule has 6 aromatic rings. The molecule has 2 aliphatic rings. The van der Waals surface area contributed by atoms with Crippen LogP contribution >= 0.6 is 24.2 Å². The molecule has 364 valence electrons. The van der Waals surface area contributed by atoms with Crippen LogP contribution in [-0.4, -0.2) is 65.7 Å². The first-order valence-electron chi connectivity index (χ1n) is 24.6. The van der Waals surface area contributed by atoms with Crippen molar-refractivity contribution in [3.05, 3.63) is 166 Å². The maximum Gasteiger partial charge on any atom is 0.224 e. The molecule has 5 aromatic carbocycles. The summed E-state index contributed by atoms with van der Waals surface area (Å²) in [4.78, 5) is 28.9. The largest absolute Gasteiger partial charge is 0.497 e. The van der Waals surface area contributed by atoms with Crippen LogP contribution in [0.4, 0.5) is 11.4 Å². The molecule has 8 rings (SSSR count). The van der Waals surface area contributed by atoms with Gasteiger partial charge in [-0.25, -0.2) is 0 Å². The van der Waals surface area contributed by atoms with Crippen molar-refractivity contribution in [3.63, 3.8) is 0 Å². The van der Waals surface area contributed by atoms with Crippen molar-refractivity contribution in [1.29, 1.82) is 0 Å². The zero-order chi connectivity index (χ0) is 49.6. The van der Waals surface area contributed by atoms with Crippen molar-refractivity contribution in [2.24, 2.45) is 0 Å². The number of benzene rings is 5. The van der Waals surface area contributed by atoms with Crippen LogP contribution in [0, 0.1) is 6.92 Å². The monoisotopic (exact) mass is 976 g/mol. The SMILES string of the molecule is CCN1\C(=C/C=C/C=C/C2=[N+](CCCCS)c3ccc4ccccc4c3C2(C)C)C(C)(C)c2cc(CC(=O)NCCCNC(=O)Cc3c(C)n(COc4ccc(Cl)cc4)c4ccc(OC)cc34)ccc21. The highest BCUT2D eigenvalue weighted by atomic mass is 35.5. The minimum absolute atomic E-state index is 0.0435. The summed E-state index contributed by atoms with van der Waals surface area (Å²) >= 11 is 10.6. The number of carbonyl (C=O) groups excluding carboxylic acids is 2. The summed E-state index contributed by atoms with van der Waals surface area (Å²) in [5.74, 6) is 2.17. The van der Waals surface area contributed by atoms with Gasteiger partial charge in [-0.1, -0.05) is 80.1 Å². The molecule has 9 nitrogen and oxygen atoms in total. The zero-order valence-electron chi connectivity index (χ0n) is 41.7. The predicted octanol–water partition coefficient (Wildman–Crippen LogP) is 12.1. The number of amides is 2. The molecule has 0 atom stereocenters. The van der Waals surface area contributed by atoms with Crippen molar-refractivity contribution in [1.82, 2.24) is 15.2 Å². The molecular formula is C59H67ClN5O4S+. The Hall–Kier alpha value is -6.23. The summed E-state index contributed by atoms with van der Waals surface area (Å²) in [6, 6.07) is 32.8. The predicted molar refractivity (Wildman–Crippen MR) is 292 cm³/mol. The average Bonchev–Trinajstić information content (AvgIpc) is 3.83. The number of nitrogens with one attached hydrogen (secondary N) is 2. The Labute approximate surface area is 424 Å². The Bertz CT molecular complexity index is 3040. The van der Waals surface area contributed by atoms with Crippen molar-refractivity contribution in [2.45, 2.75) is 91.2 Å². The molecule has 2 aliphatic heterocycles. The minimum atomic E-state index is -0.260. The lowest BCUT2D eigenvalue weighted by atomic mass is 9.79. The van der Waals surface area contributed by atoms with Crippen molar-refractivity contribution in [2.75, 3.05) is 43.9 Å². The van der Waals surface area contributed by atoms with E-state index in [4.69, 9.17) is 21.1 Å². The van der Waals surface area contributed by atoms with Gasteiger partial charge in [-0.2, -0.15) is 17.2 Å². The van der Waals surface area contributed by atoms with E-state index in [0.717, 1.165) is 59.4 Å². The van der Waals surface area contributed by atoms with E-state index >= 15 is 0 Å². The Morgan fingerprint density at radius 1 is 0.800 bits per heavy atom. The van der Waals surface area contributed by atoms with Crippen LogP contribution < -0.4 is 25.0 Å². The third-order valence-corrected chi connectivity index (χ3v) is 14.7. The number of fused-ring (bicyclic) bond motifs is 5. The number of nitrogens with zero attached hydrogens (tertiary/aromatic N) is 3. The van der Waals surface area contributed by atoms with Crippen molar-refractivity contribution >= 4 is 74.8 Å². The normalized spacial score (nSPS) is 15.4. The molecule has 0 unspecified atom stereocenters. The molecule has 0 aliphatic carbocycles. The van der Waals surface area contributed by atoms with Crippen LogP contribution in [0.15, 0.2) is 133 Å². The molecule has 0 spiro atoms. The lowest BCUT2D eigenvalue weighted by Gasteiger charge is -2.25. The zero-order valence-corrected chi connectivity index (χ0v) is 43.4. The number of likely N-dealkylation sites (N-methyl/N-ethyl adjacent to an activating group) is 1. The van der Waals surface area contributed by atoms with E-state index in [1.165, 1.54) is 44.7 Å². The lowest BCUT2D eigenvalue weighted by molar-refractivity contribution is -0.438. The number of halogens is 1. The third kappa shape index (κ3) is 10.4. The number of anilines is 1. The number of carbonyl (C=O) groups is 2. The number of aromatic nitrogens is 1. The number of unbranched alkanes of at least 4 members (excludes halogenated alkanes) is 1. The van der Waals surface area contributed by atoms with Gasteiger partial charge in [-0.15, -0.1) is 0 Å². The van der Waals surface area contributed by atoms with Crippen LogP contribution in [0.2, 0.25) is 5.02 Å². The fraction of sp³-hybridized carbons (Fsp3) is 0.339. The molecule has 0 saturated carbocycles. The average molecular weight is 978 g/mol. The van der Waals surface area contributed by atoms with Crippen LogP contribution in [0.1, 0.15) is 81.8 Å². The highest BCUT2D eigenvalue weighted by Gasteiger charge is 2.45. The second kappa shape index (κ2) is 21.8. The Morgan fingerprint density at radius 3 is 2.29 bits per heavy atom. The summed E-state index contributed by atoms with van der Waals surface area (Å²) in [7, 11) is 1.63. The highest BCUT2D eigenvalue weighted by molar-refractivity contribution is 7.80. The highest BCUT2D eigenvalue weighted by Crippen LogP contribution is 2.48. The van der Waals surface area contributed by atoms with Gasteiger partial charge in [-0.3, -0.25) is 9.59 Å². The molecule has 3 heterocycles. The molecule has 0 saturated heterocycles. The number of hydrogen-bond donors (Lipinski definition) is 3. The smallest absolute Gasteiger partial charge is 0.224 e. The number of thiol groups is 1. The maximum atomic E-state index is 13.3. The first-order valence-corrected chi connectivity index (χ1v) is 25.6. The molecular weight excluding hydrogens is 910 g/mol. The van der Waals surface area contributed by atoms with Crippen LogP contribution in [0.5, 0.6) is 11.5 Å². The van der Waals surface area contributed by atoms with E-state index in [1.807, 2.05) is 37.3 Å². The maximum absolute atomic E-state index is 13.3. The fourth-order valence-corrected chi connectivity index (χ4v) is 10.8. The number of allylic oxidation sites excluding steroid dienone is 6. The van der Waals surface area contributed by atoms with E-state index in [1.54, 1.807) is 19.2 Å². The second-order valence-electron chi connectivity index (χ2n) is 19.3. The molecule has 0 bridgehead atoms. The van der Waals surface area contributed by atoms with Gasteiger partial charge in [0.2, 0.25) is 17.5 Å². The summed E-state index contributed by atoms with van der Waals surface area (Å²) in [6.07, 6.45) is 14.3. The number of ether oxygens (including phenoxy) is 2. The Kier molecular flexibility index (Phi) is 15.6. The molecule has 0 fully saturated rings. The molecule has 11 heteroatoms. The fourth-order valence-electron chi connectivity index (χ4n) is 10.4. The standard InChI is InChI=1S/C59H66ClN5O4S/c1-8-63-51-28-21-41(36-55(66)61-31-16-32-62-56(67)38-47-40(2)65(39-69-44-25-23-43(60)24-26-44)50-30-27-45(68-7)37-48(47)50)35-49(51)58(3,4)53(63)19-10-9-11-20-54-59(5,6)57-46-18-13-12-17-42(46)22-29-52(57)64(54)33-14-15-34-70/h9-13,17-30,35,37H,8,14-16,31-34,36,38-39H2,1-7H3,(H2-,61,62,66,67,70)/p+1. The van der Waals surface area contributed by atoms with E-state index in [9.17, 15) is 9.59 Å². The van der Waals surface area contributed by atoms with E-state index in [-0.39, 0.29) is 42.2 Å². The summed E-state index contributed by atoms with van der Waals surface area (Å²) < 4.78 is 16.2. The second-order valence-corrected chi connectivity index (χ2v) is 20.2. The molecule has 2 amide bonds. The first kappa shape index (κ1) is 50.2. The minimum Gasteiger partial charge on any atom is -0.497 e. The van der Waals surface area contributed by atoms with Gasteiger partial charge < -0.3 is 29.6 Å². The van der Waals surface area contributed by atoms with Gasteiger partial charge in [0.25, 0.3) is 0 Å².